The Kier molecular flexibility index (Phi) is 5.62. The second kappa shape index (κ2) is 8.51. The molecule has 0 radical (unpaired) electrons. The molecule has 0 bridgehead atoms. The molecule has 4 aromatic rings. The number of hydrogen-bond donors (Lipinski definition) is 1. The van der Waals surface area contributed by atoms with Crippen LogP contribution in [0.4, 0.5) is 4.39 Å². The number of halogens is 1. The van der Waals surface area contributed by atoms with E-state index in [0.717, 1.165) is 12.0 Å². The van der Waals surface area contributed by atoms with Gasteiger partial charge in [0.1, 0.15) is 24.1 Å². The molecule has 158 valence electrons. The Morgan fingerprint density at radius 1 is 1.13 bits per heavy atom. The standard InChI is InChI=1S/C23H22FN5O2/c1-3-16-4-6-17(7-5-16)15(2)27-21(30)13-28-14-25-22-20(23(28)31)12-26-29(22)19-10-8-18(24)9-11-19/h4-12,14-15H,3,13H2,1-2H3,(H,27,30)/t15-/m1/s1. The maximum Gasteiger partial charge on any atom is 0.264 e. The minimum Gasteiger partial charge on any atom is -0.348 e. The van der Waals surface area contributed by atoms with Crippen LogP contribution in [0.5, 0.6) is 0 Å². The van der Waals surface area contributed by atoms with E-state index >= 15 is 0 Å². The molecule has 0 aliphatic heterocycles. The second-order valence-electron chi connectivity index (χ2n) is 7.33. The van der Waals surface area contributed by atoms with Crippen molar-refractivity contribution in [3.8, 4) is 5.69 Å². The third kappa shape index (κ3) is 4.23. The summed E-state index contributed by atoms with van der Waals surface area (Å²) in [6, 6.07) is 13.6. The molecule has 0 unspecified atom stereocenters. The summed E-state index contributed by atoms with van der Waals surface area (Å²) in [5.41, 5.74) is 2.79. The van der Waals surface area contributed by atoms with Crippen LogP contribution in [0, 0.1) is 5.82 Å². The summed E-state index contributed by atoms with van der Waals surface area (Å²) in [5, 5.41) is 7.39. The van der Waals surface area contributed by atoms with E-state index in [1.165, 1.54) is 39.5 Å². The number of benzene rings is 2. The van der Waals surface area contributed by atoms with Crippen LogP contribution in [-0.4, -0.2) is 25.2 Å². The molecule has 2 heterocycles. The first kappa shape index (κ1) is 20.5. The Labute approximate surface area is 178 Å². The predicted molar refractivity (Wildman–Crippen MR) is 115 cm³/mol. The predicted octanol–water partition coefficient (Wildman–Crippen LogP) is 3.16. The fraction of sp³-hybridized carbons (Fsp3) is 0.217. The van der Waals surface area contributed by atoms with Crippen LogP contribution in [0.3, 0.4) is 0 Å². The largest absolute Gasteiger partial charge is 0.348 e. The van der Waals surface area contributed by atoms with E-state index in [1.54, 1.807) is 12.1 Å². The summed E-state index contributed by atoms with van der Waals surface area (Å²) in [4.78, 5) is 29.6. The molecule has 2 aromatic carbocycles. The second-order valence-corrected chi connectivity index (χ2v) is 7.33. The van der Waals surface area contributed by atoms with Crippen molar-refractivity contribution < 1.29 is 9.18 Å². The number of aromatic nitrogens is 4. The molecule has 0 fully saturated rings. The third-order valence-corrected chi connectivity index (χ3v) is 5.21. The van der Waals surface area contributed by atoms with E-state index < -0.39 is 0 Å². The number of amides is 1. The van der Waals surface area contributed by atoms with Gasteiger partial charge in [0.2, 0.25) is 5.91 Å². The van der Waals surface area contributed by atoms with Crippen molar-refractivity contribution in [3.05, 3.63) is 88.4 Å². The van der Waals surface area contributed by atoms with Crippen LogP contribution in [-0.2, 0) is 17.8 Å². The van der Waals surface area contributed by atoms with Gasteiger partial charge in [0, 0.05) is 0 Å². The summed E-state index contributed by atoms with van der Waals surface area (Å²) in [7, 11) is 0. The van der Waals surface area contributed by atoms with E-state index in [0.29, 0.717) is 11.3 Å². The number of nitrogens with one attached hydrogen (secondary N) is 1. The summed E-state index contributed by atoms with van der Waals surface area (Å²) in [6.45, 7) is 3.84. The lowest BCUT2D eigenvalue weighted by Gasteiger charge is -2.15. The fourth-order valence-electron chi connectivity index (χ4n) is 3.40. The Morgan fingerprint density at radius 2 is 1.84 bits per heavy atom. The van der Waals surface area contributed by atoms with Crippen molar-refractivity contribution in [1.29, 1.82) is 0 Å². The first-order valence-corrected chi connectivity index (χ1v) is 10.0. The summed E-state index contributed by atoms with van der Waals surface area (Å²) in [6.07, 6.45) is 3.68. The van der Waals surface area contributed by atoms with Gasteiger partial charge in [-0.05, 0) is 48.7 Å². The molecule has 4 rings (SSSR count). The minimum absolute atomic E-state index is 0.152. The van der Waals surface area contributed by atoms with E-state index in [4.69, 9.17) is 0 Å². The Morgan fingerprint density at radius 3 is 2.52 bits per heavy atom. The average Bonchev–Trinajstić information content (AvgIpc) is 3.21. The first-order chi connectivity index (χ1) is 15.0. The lowest BCUT2D eigenvalue weighted by Crippen LogP contribution is -2.33. The number of hydrogen-bond acceptors (Lipinski definition) is 4. The van der Waals surface area contributed by atoms with E-state index in [1.807, 2.05) is 31.2 Å². The highest BCUT2D eigenvalue weighted by atomic mass is 19.1. The number of rotatable bonds is 6. The minimum atomic E-state index is -0.367. The summed E-state index contributed by atoms with van der Waals surface area (Å²) in [5.74, 6) is -0.654. The van der Waals surface area contributed by atoms with Crippen LogP contribution in [0.2, 0.25) is 0 Å². The van der Waals surface area contributed by atoms with Crippen LogP contribution in [0.1, 0.15) is 31.0 Å². The number of carbonyl (C=O) groups is 1. The quantitative estimate of drug-likeness (QED) is 0.521. The molecule has 7 nitrogen and oxygen atoms in total. The van der Waals surface area contributed by atoms with Gasteiger partial charge in [0.25, 0.3) is 5.56 Å². The van der Waals surface area contributed by atoms with Crippen molar-refractivity contribution >= 4 is 16.9 Å². The van der Waals surface area contributed by atoms with E-state index in [2.05, 4.69) is 22.3 Å². The number of carbonyl (C=O) groups excluding carboxylic acids is 1. The monoisotopic (exact) mass is 419 g/mol. The van der Waals surface area contributed by atoms with Crippen LogP contribution >= 0.6 is 0 Å². The Bertz CT molecular complexity index is 1280. The molecule has 1 atom stereocenters. The summed E-state index contributed by atoms with van der Waals surface area (Å²) < 4.78 is 15.9. The third-order valence-electron chi connectivity index (χ3n) is 5.21. The molecule has 0 aliphatic rings. The van der Waals surface area contributed by atoms with Gasteiger partial charge < -0.3 is 5.32 Å². The molecule has 1 amide bonds. The highest BCUT2D eigenvalue weighted by Crippen LogP contribution is 2.15. The molecular formula is C23H22FN5O2. The average molecular weight is 419 g/mol. The maximum absolute atomic E-state index is 13.2. The maximum atomic E-state index is 13.2. The molecule has 2 aromatic heterocycles. The van der Waals surface area contributed by atoms with Crippen molar-refractivity contribution in [2.75, 3.05) is 0 Å². The Balaban J connectivity index is 1.51. The van der Waals surface area contributed by atoms with Crippen molar-refractivity contribution in [1.82, 2.24) is 24.6 Å². The molecule has 1 N–H and O–H groups in total. The first-order valence-electron chi connectivity index (χ1n) is 10.0. The van der Waals surface area contributed by atoms with Gasteiger partial charge >= 0.3 is 0 Å². The van der Waals surface area contributed by atoms with E-state index in [-0.39, 0.29) is 35.3 Å². The SMILES string of the molecule is CCc1ccc([C@@H](C)NC(=O)Cn2cnc3c(cnn3-c3ccc(F)cc3)c2=O)cc1. The molecule has 0 spiro atoms. The zero-order valence-corrected chi connectivity index (χ0v) is 17.2. The van der Waals surface area contributed by atoms with Gasteiger partial charge in [-0.1, -0.05) is 31.2 Å². The topological polar surface area (TPSA) is 81.8 Å². The highest BCUT2D eigenvalue weighted by molar-refractivity contribution is 5.78. The van der Waals surface area contributed by atoms with Gasteiger partial charge in [-0.15, -0.1) is 0 Å². The van der Waals surface area contributed by atoms with Crippen LogP contribution in [0.15, 0.2) is 65.8 Å². The number of nitrogens with zero attached hydrogens (tertiary/aromatic N) is 4. The van der Waals surface area contributed by atoms with Gasteiger partial charge in [-0.3, -0.25) is 14.2 Å². The smallest absolute Gasteiger partial charge is 0.264 e. The zero-order chi connectivity index (χ0) is 22.0. The lowest BCUT2D eigenvalue weighted by atomic mass is 10.1. The normalized spacial score (nSPS) is 12.1. The lowest BCUT2D eigenvalue weighted by molar-refractivity contribution is -0.122. The zero-order valence-electron chi connectivity index (χ0n) is 17.2. The molecule has 0 saturated carbocycles. The molecule has 0 aliphatic carbocycles. The summed E-state index contributed by atoms with van der Waals surface area (Å²) >= 11 is 0. The van der Waals surface area contributed by atoms with E-state index in [9.17, 15) is 14.0 Å². The molecular weight excluding hydrogens is 397 g/mol. The van der Waals surface area contributed by atoms with Crippen molar-refractivity contribution in [2.45, 2.75) is 32.9 Å². The molecule has 31 heavy (non-hydrogen) atoms. The van der Waals surface area contributed by atoms with Crippen molar-refractivity contribution in [2.24, 2.45) is 0 Å². The van der Waals surface area contributed by atoms with Gasteiger partial charge in [0.05, 0.1) is 17.9 Å². The Hall–Kier alpha value is -3.81. The van der Waals surface area contributed by atoms with Gasteiger partial charge in [0.15, 0.2) is 5.65 Å². The highest BCUT2D eigenvalue weighted by Gasteiger charge is 2.15. The molecule has 0 saturated heterocycles. The molecule has 8 heteroatoms. The number of aryl methyl sites for hydroxylation is 1. The van der Waals surface area contributed by atoms with Crippen molar-refractivity contribution in [3.63, 3.8) is 0 Å². The fourth-order valence-corrected chi connectivity index (χ4v) is 3.40. The van der Waals surface area contributed by atoms with Gasteiger partial charge in [-0.2, -0.15) is 5.10 Å². The number of fused-ring (bicyclic) bond motifs is 1. The van der Waals surface area contributed by atoms with Crippen LogP contribution in [0.25, 0.3) is 16.7 Å². The van der Waals surface area contributed by atoms with Gasteiger partial charge in [-0.25, -0.2) is 14.1 Å². The van der Waals surface area contributed by atoms with Crippen LogP contribution < -0.4 is 10.9 Å².